The van der Waals surface area contributed by atoms with Gasteiger partial charge in [-0.1, -0.05) is 11.3 Å². The zero-order valence-corrected chi connectivity index (χ0v) is 15.7. The molecule has 0 aliphatic carbocycles. The molecule has 0 radical (unpaired) electrons. The Kier molecular flexibility index (Phi) is 4.11. The predicted molar refractivity (Wildman–Crippen MR) is 100 cm³/mol. The molecule has 132 valence electrons. The predicted octanol–water partition coefficient (Wildman–Crippen LogP) is 3.09. The standard InChI is InChI=1S/C17H19N3O3S2/c1-3-23-10-4-5-11-13(8-10)25-16(18-11)19-15(22)12-9-24-17(2)7-6-14(21)20(12)17/h4-5,8,12H,3,6-7,9H2,1-2H3,(H,18,19,22)/t12-,17+/m0/s1. The third-order valence-electron chi connectivity index (χ3n) is 4.65. The number of carbonyl (C=O) groups is 2. The van der Waals surface area contributed by atoms with Gasteiger partial charge in [-0.15, -0.1) is 11.8 Å². The van der Waals surface area contributed by atoms with Gasteiger partial charge < -0.3 is 15.0 Å². The number of hydrogen-bond acceptors (Lipinski definition) is 6. The summed E-state index contributed by atoms with van der Waals surface area (Å²) < 4.78 is 6.46. The number of nitrogens with one attached hydrogen (secondary N) is 1. The van der Waals surface area contributed by atoms with Crippen LogP contribution in [0.2, 0.25) is 0 Å². The van der Waals surface area contributed by atoms with Gasteiger partial charge in [-0.05, 0) is 38.5 Å². The normalized spacial score (nSPS) is 25.4. The molecule has 2 fully saturated rings. The van der Waals surface area contributed by atoms with Gasteiger partial charge in [0.05, 0.1) is 21.7 Å². The third kappa shape index (κ3) is 2.87. The molecule has 2 aromatic rings. The number of thioether (sulfide) groups is 1. The number of nitrogens with zero attached hydrogens (tertiary/aromatic N) is 2. The molecule has 8 heteroatoms. The molecule has 4 rings (SSSR count). The molecule has 0 spiro atoms. The second-order valence-electron chi connectivity index (χ2n) is 6.34. The van der Waals surface area contributed by atoms with E-state index in [0.29, 0.717) is 23.9 Å². The monoisotopic (exact) mass is 377 g/mol. The minimum Gasteiger partial charge on any atom is -0.494 e. The summed E-state index contributed by atoms with van der Waals surface area (Å²) in [6.07, 6.45) is 1.33. The van der Waals surface area contributed by atoms with E-state index in [9.17, 15) is 9.59 Å². The first kappa shape index (κ1) is 16.7. The van der Waals surface area contributed by atoms with Gasteiger partial charge in [0.2, 0.25) is 11.8 Å². The Morgan fingerprint density at radius 3 is 3.16 bits per heavy atom. The van der Waals surface area contributed by atoms with Crippen molar-refractivity contribution in [1.29, 1.82) is 0 Å². The molecule has 0 saturated carbocycles. The lowest BCUT2D eigenvalue weighted by Gasteiger charge is -2.29. The number of thiazole rings is 1. The van der Waals surface area contributed by atoms with Gasteiger partial charge in [0.1, 0.15) is 11.8 Å². The summed E-state index contributed by atoms with van der Waals surface area (Å²) in [6.45, 7) is 4.59. The average molecular weight is 377 g/mol. The molecule has 2 aliphatic heterocycles. The summed E-state index contributed by atoms with van der Waals surface area (Å²) in [4.78, 5) is 30.9. The summed E-state index contributed by atoms with van der Waals surface area (Å²) in [5.41, 5.74) is 0.826. The van der Waals surface area contributed by atoms with E-state index in [1.165, 1.54) is 11.3 Å². The molecular weight excluding hydrogens is 358 g/mol. The van der Waals surface area contributed by atoms with E-state index in [1.807, 2.05) is 32.0 Å². The van der Waals surface area contributed by atoms with Crippen molar-refractivity contribution in [3.8, 4) is 5.75 Å². The fraction of sp³-hybridized carbons (Fsp3) is 0.471. The Hall–Kier alpha value is -1.80. The molecule has 2 saturated heterocycles. The Morgan fingerprint density at radius 1 is 1.52 bits per heavy atom. The van der Waals surface area contributed by atoms with Crippen LogP contribution in [0.3, 0.4) is 0 Å². The largest absolute Gasteiger partial charge is 0.494 e. The highest BCUT2D eigenvalue weighted by molar-refractivity contribution is 8.01. The summed E-state index contributed by atoms with van der Waals surface area (Å²) in [5, 5.41) is 3.45. The number of amides is 2. The maximum Gasteiger partial charge on any atom is 0.249 e. The topological polar surface area (TPSA) is 71.5 Å². The van der Waals surface area contributed by atoms with E-state index in [0.717, 1.165) is 22.4 Å². The van der Waals surface area contributed by atoms with Crippen molar-refractivity contribution < 1.29 is 14.3 Å². The smallest absolute Gasteiger partial charge is 0.249 e. The van der Waals surface area contributed by atoms with E-state index in [4.69, 9.17) is 4.74 Å². The van der Waals surface area contributed by atoms with Crippen LogP contribution in [0.4, 0.5) is 5.13 Å². The van der Waals surface area contributed by atoms with Crippen molar-refractivity contribution in [3.05, 3.63) is 18.2 Å². The average Bonchev–Trinajstić information content (AvgIpc) is 3.21. The van der Waals surface area contributed by atoms with E-state index in [1.54, 1.807) is 16.7 Å². The van der Waals surface area contributed by atoms with Crippen molar-refractivity contribution in [2.75, 3.05) is 17.7 Å². The fourth-order valence-corrected chi connectivity index (χ4v) is 5.75. The highest BCUT2D eigenvalue weighted by Gasteiger charge is 2.52. The quantitative estimate of drug-likeness (QED) is 0.887. The van der Waals surface area contributed by atoms with Gasteiger partial charge in [-0.25, -0.2) is 4.98 Å². The zero-order valence-electron chi connectivity index (χ0n) is 14.1. The van der Waals surface area contributed by atoms with Crippen LogP contribution in [0.1, 0.15) is 26.7 Å². The summed E-state index contributed by atoms with van der Waals surface area (Å²) in [5.74, 6) is 1.34. The number of fused-ring (bicyclic) bond motifs is 2. The first-order valence-electron chi connectivity index (χ1n) is 8.30. The van der Waals surface area contributed by atoms with Gasteiger partial charge in [-0.3, -0.25) is 9.59 Å². The van der Waals surface area contributed by atoms with Crippen molar-refractivity contribution in [2.45, 2.75) is 37.6 Å². The molecule has 2 amide bonds. The van der Waals surface area contributed by atoms with Crippen LogP contribution >= 0.6 is 23.1 Å². The van der Waals surface area contributed by atoms with Crippen LogP contribution in [0.25, 0.3) is 10.2 Å². The van der Waals surface area contributed by atoms with Crippen LogP contribution in [0.5, 0.6) is 5.75 Å². The van der Waals surface area contributed by atoms with Crippen LogP contribution in [0, 0.1) is 0 Å². The SMILES string of the molecule is CCOc1ccc2nc(NC(=O)[C@@H]3CS[C@]4(C)CCC(=O)N34)sc2c1. The molecule has 0 bridgehead atoms. The molecule has 0 unspecified atom stereocenters. The third-order valence-corrected chi connectivity index (χ3v) is 7.09. The lowest BCUT2D eigenvalue weighted by atomic mass is 10.2. The van der Waals surface area contributed by atoms with E-state index in [-0.39, 0.29) is 16.7 Å². The lowest BCUT2D eigenvalue weighted by Crippen LogP contribution is -2.48. The van der Waals surface area contributed by atoms with Crippen molar-refractivity contribution in [3.63, 3.8) is 0 Å². The second-order valence-corrected chi connectivity index (χ2v) is 8.87. The summed E-state index contributed by atoms with van der Waals surface area (Å²) in [6, 6.07) is 5.27. The number of hydrogen-bond donors (Lipinski definition) is 1. The van der Waals surface area contributed by atoms with Gasteiger partial charge in [0, 0.05) is 12.2 Å². The number of rotatable bonds is 4. The molecule has 1 aromatic heterocycles. The first-order chi connectivity index (χ1) is 12.0. The highest BCUT2D eigenvalue weighted by Crippen LogP contribution is 2.47. The molecule has 2 aliphatic rings. The number of aromatic nitrogens is 1. The molecule has 1 N–H and O–H groups in total. The van der Waals surface area contributed by atoms with Crippen molar-refractivity contribution >= 4 is 50.3 Å². The van der Waals surface area contributed by atoms with Gasteiger partial charge in [-0.2, -0.15) is 0 Å². The zero-order chi connectivity index (χ0) is 17.6. The van der Waals surface area contributed by atoms with E-state index in [2.05, 4.69) is 10.3 Å². The van der Waals surface area contributed by atoms with Crippen LogP contribution in [-0.2, 0) is 9.59 Å². The van der Waals surface area contributed by atoms with Gasteiger partial charge in [0.25, 0.3) is 0 Å². The minimum absolute atomic E-state index is 0.0679. The molecule has 25 heavy (non-hydrogen) atoms. The first-order valence-corrected chi connectivity index (χ1v) is 10.1. The minimum atomic E-state index is -0.420. The number of ether oxygens (including phenoxy) is 1. The molecule has 6 nitrogen and oxygen atoms in total. The number of benzene rings is 1. The molecule has 3 heterocycles. The highest BCUT2D eigenvalue weighted by atomic mass is 32.2. The Morgan fingerprint density at radius 2 is 2.36 bits per heavy atom. The van der Waals surface area contributed by atoms with Gasteiger partial charge in [0.15, 0.2) is 5.13 Å². The van der Waals surface area contributed by atoms with Crippen LogP contribution < -0.4 is 10.1 Å². The molecule has 2 atom stereocenters. The Labute approximate surface area is 153 Å². The van der Waals surface area contributed by atoms with E-state index < -0.39 is 6.04 Å². The van der Waals surface area contributed by atoms with Crippen LogP contribution in [0.15, 0.2) is 18.2 Å². The number of carbonyl (C=O) groups excluding carboxylic acids is 2. The van der Waals surface area contributed by atoms with Crippen LogP contribution in [-0.4, -0.2) is 45.0 Å². The Balaban J connectivity index is 1.53. The maximum atomic E-state index is 12.7. The van der Waals surface area contributed by atoms with Gasteiger partial charge >= 0.3 is 0 Å². The molecular formula is C17H19N3O3S2. The van der Waals surface area contributed by atoms with Crippen molar-refractivity contribution in [1.82, 2.24) is 9.88 Å². The number of anilines is 1. The van der Waals surface area contributed by atoms with Crippen molar-refractivity contribution in [2.24, 2.45) is 0 Å². The summed E-state index contributed by atoms with van der Waals surface area (Å²) in [7, 11) is 0. The summed E-state index contributed by atoms with van der Waals surface area (Å²) >= 11 is 3.11. The Bertz CT molecular complexity index is 853. The fourth-order valence-electron chi connectivity index (χ4n) is 3.42. The second kappa shape index (κ2) is 6.17. The maximum absolute atomic E-state index is 12.7. The lowest BCUT2D eigenvalue weighted by molar-refractivity contribution is -0.135. The molecule has 1 aromatic carbocycles. The van der Waals surface area contributed by atoms with E-state index >= 15 is 0 Å².